The van der Waals surface area contributed by atoms with Gasteiger partial charge in [0.25, 0.3) is 5.91 Å². The van der Waals surface area contributed by atoms with Crippen LogP contribution in [0.4, 0.5) is 13.2 Å². The summed E-state index contributed by atoms with van der Waals surface area (Å²) in [5, 5.41) is 11.1. The number of halogens is 3. The molecule has 1 amide bonds. The van der Waals surface area contributed by atoms with Gasteiger partial charge in [-0.25, -0.2) is 0 Å². The minimum absolute atomic E-state index is 0.119. The second kappa shape index (κ2) is 7.96. The number of aromatic nitrogens is 1. The van der Waals surface area contributed by atoms with Crippen LogP contribution in [-0.4, -0.2) is 41.9 Å². The monoisotopic (exact) mass is 379 g/mol. The van der Waals surface area contributed by atoms with Crippen LogP contribution in [0.25, 0.3) is 0 Å². The molecule has 2 heterocycles. The second-order valence-corrected chi connectivity index (χ2v) is 6.56. The Morgan fingerprint density at radius 2 is 1.67 bits per heavy atom. The highest BCUT2D eigenvalue weighted by molar-refractivity contribution is 5.94. The van der Waals surface area contributed by atoms with E-state index in [1.807, 2.05) is 0 Å². The van der Waals surface area contributed by atoms with Gasteiger partial charge in [-0.3, -0.25) is 9.69 Å². The van der Waals surface area contributed by atoms with Crippen LogP contribution < -0.4 is 4.73 Å². The number of amides is 1. The smallest absolute Gasteiger partial charge is 0.416 e. The number of hydrogen-bond donors (Lipinski definition) is 0. The Balaban J connectivity index is 1.58. The zero-order valence-electron chi connectivity index (χ0n) is 14.7. The first-order valence-electron chi connectivity index (χ1n) is 8.69. The molecule has 2 aromatic rings. The quantitative estimate of drug-likeness (QED) is 0.609. The second-order valence-electron chi connectivity index (χ2n) is 6.56. The summed E-state index contributed by atoms with van der Waals surface area (Å²) in [7, 11) is 0. The summed E-state index contributed by atoms with van der Waals surface area (Å²) in [5.74, 6) is -0.119. The number of carbonyl (C=O) groups is 1. The molecule has 27 heavy (non-hydrogen) atoms. The number of pyridine rings is 1. The zero-order chi connectivity index (χ0) is 19.4. The third kappa shape index (κ3) is 4.97. The largest absolute Gasteiger partial charge is 0.619 e. The van der Waals surface area contributed by atoms with Crippen molar-refractivity contribution in [3.63, 3.8) is 0 Å². The van der Waals surface area contributed by atoms with Gasteiger partial charge in [0.2, 0.25) is 0 Å². The molecular formula is C19H20F3N3O2. The summed E-state index contributed by atoms with van der Waals surface area (Å²) >= 11 is 0. The molecule has 3 rings (SSSR count). The number of carbonyl (C=O) groups excluding carboxylic acids is 1. The Morgan fingerprint density at radius 3 is 2.30 bits per heavy atom. The van der Waals surface area contributed by atoms with E-state index in [1.165, 1.54) is 36.7 Å². The highest BCUT2D eigenvalue weighted by Crippen LogP contribution is 2.29. The maximum Gasteiger partial charge on any atom is 0.416 e. The summed E-state index contributed by atoms with van der Waals surface area (Å²) in [6, 6.07) is 8.19. The molecule has 0 N–H and O–H groups in total. The summed E-state index contributed by atoms with van der Waals surface area (Å²) < 4.78 is 38.6. The lowest BCUT2D eigenvalue weighted by Gasteiger charge is -2.22. The van der Waals surface area contributed by atoms with Crippen molar-refractivity contribution in [3.05, 3.63) is 70.7 Å². The van der Waals surface area contributed by atoms with Gasteiger partial charge in [-0.05, 0) is 24.1 Å². The van der Waals surface area contributed by atoms with E-state index in [2.05, 4.69) is 4.90 Å². The van der Waals surface area contributed by atoms with E-state index in [1.54, 1.807) is 4.90 Å². The Kier molecular flexibility index (Phi) is 5.65. The van der Waals surface area contributed by atoms with Crippen LogP contribution in [0.3, 0.4) is 0 Å². The lowest BCUT2D eigenvalue weighted by atomic mass is 10.1. The lowest BCUT2D eigenvalue weighted by Crippen LogP contribution is -2.35. The number of nitrogens with zero attached hydrogens (tertiary/aromatic N) is 3. The molecule has 1 aromatic carbocycles. The molecule has 1 fully saturated rings. The fourth-order valence-electron chi connectivity index (χ4n) is 3.13. The van der Waals surface area contributed by atoms with Gasteiger partial charge in [-0.2, -0.15) is 17.9 Å². The van der Waals surface area contributed by atoms with Crippen molar-refractivity contribution in [3.8, 4) is 0 Å². The van der Waals surface area contributed by atoms with E-state index >= 15 is 0 Å². The minimum Gasteiger partial charge on any atom is -0.619 e. The van der Waals surface area contributed by atoms with E-state index < -0.39 is 11.7 Å². The molecule has 0 radical (unpaired) electrons. The van der Waals surface area contributed by atoms with Crippen LogP contribution in [0.2, 0.25) is 0 Å². The van der Waals surface area contributed by atoms with Gasteiger partial charge in [-0.1, -0.05) is 12.1 Å². The van der Waals surface area contributed by atoms with Crippen molar-refractivity contribution in [2.45, 2.75) is 19.1 Å². The maximum absolute atomic E-state index is 12.6. The van der Waals surface area contributed by atoms with E-state index in [9.17, 15) is 23.2 Å². The topological polar surface area (TPSA) is 50.5 Å². The predicted octanol–water partition coefficient (Wildman–Crippen LogP) is 2.69. The highest BCUT2D eigenvalue weighted by Gasteiger charge is 2.30. The fourth-order valence-corrected chi connectivity index (χ4v) is 3.13. The third-order valence-corrected chi connectivity index (χ3v) is 4.61. The molecule has 144 valence electrons. The molecule has 1 aromatic heterocycles. The minimum atomic E-state index is -4.33. The first-order valence-corrected chi connectivity index (χ1v) is 8.69. The number of hydrogen-bond acceptors (Lipinski definition) is 3. The molecule has 0 saturated carbocycles. The molecule has 5 nitrogen and oxygen atoms in total. The van der Waals surface area contributed by atoms with Gasteiger partial charge in [0.1, 0.15) is 0 Å². The molecule has 1 saturated heterocycles. The summed E-state index contributed by atoms with van der Waals surface area (Å²) in [6.45, 7) is 3.09. The highest BCUT2D eigenvalue weighted by atomic mass is 19.4. The predicted molar refractivity (Wildman–Crippen MR) is 92.6 cm³/mol. The summed E-state index contributed by atoms with van der Waals surface area (Å²) in [6.07, 6.45) is -0.963. The molecule has 8 heteroatoms. The van der Waals surface area contributed by atoms with E-state index in [-0.39, 0.29) is 5.91 Å². The Morgan fingerprint density at radius 1 is 1.00 bits per heavy atom. The summed E-state index contributed by atoms with van der Waals surface area (Å²) in [4.78, 5) is 16.4. The van der Waals surface area contributed by atoms with Crippen molar-refractivity contribution >= 4 is 5.91 Å². The summed E-state index contributed by atoms with van der Waals surface area (Å²) in [5.41, 5.74) is 0.630. The first-order chi connectivity index (χ1) is 12.8. The van der Waals surface area contributed by atoms with E-state index in [0.29, 0.717) is 36.5 Å². The number of alkyl halides is 3. The molecule has 1 aliphatic heterocycles. The van der Waals surface area contributed by atoms with Gasteiger partial charge < -0.3 is 10.1 Å². The van der Waals surface area contributed by atoms with Crippen molar-refractivity contribution in [2.75, 3.05) is 26.2 Å². The maximum atomic E-state index is 12.6. The van der Waals surface area contributed by atoms with Gasteiger partial charge >= 0.3 is 6.18 Å². The van der Waals surface area contributed by atoms with Crippen molar-refractivity contribution in [1.29, 1.82) is 0 Å². The molecular weight excluding hydrogens is 359 g/mol. The lowest BCUT2D eigenvalue weighted by molar-refractivity contribution is -0.605. The van der Waals surface area contributed by atoms with Crippen LogP contribution in [0, 0.1) is 5.21 Å². The average Bonchev–Trinajstić information content (AvgIpc) is 2.87. The van der Waals surface area contributed by atoms with Crippen LogP contribution in [0.1, 0.15) is 27.9 Å². The Bertz CT molecular complexity index is 776. The van der Waals surface area contributed by atoms with Crippen LogP contribution >= 0.6 is 0 Å². The van der Waals surface area contributed by atoms with Gasteiger partial charge in [0.05, 0.1) is 11.1 Å². The van der Waals surface area contributed by atoms with Gasteiger partial charge in [-0.15, -0.1) is 0 Å². The Labute approximate surface area is 155 Å². The van der Waals surface area contributed by atoms with Crippen molar-refractivity contribution < 1.29 is 22.7 Å². The van der Waals surface area contributed by atoms with Crippen molar-refractivity contribution in [1.82, 2.24) is 9.80 Å². The number of benzene rings is 1. The normalized spacial score (nSPS) is 16.2. The molecule has 0 bridgehead atoms. The molecule has 0 aliphatic carbocycles. The number of rotatable bonds is 3. The van der Waals surface area contributed by atoms with Crippen LogP contribution in [0.5, 0.6) is 0 Å². The fraction of sp³-hybridized carbons (Fsp3) is 0.368. The zero-order valence-corrected chi connectivity index (χ0v) is 14.7. The van der Waals surface area contributed by atoms with Crippen LogP contribution in [-0.2, 0) is 12.7 Å². The van der Waals surface area contributed by atoms with Crippen molar-refractivity contribution in [2.24, 2.45) is 0 Å². The molecule has 0 spiro atoms. The molecule has 0 unspecified atom stereocenters. The average molecular weight is 379 g/mol. The SMILES string of the molecule is O=C(c1cc[n+]([O-])cc1)N1CCCN(Cc2ccc(C(F)(F)F)cc2)CC1. The molecule has 1 aliphatic rings. The van der Waals surface area contributed by atoms with E-state index in [0.717, 1.165) is 30.7 Å². The first kappa shape index (κ1) is 19.2. The van der Waals surface area contributed by atoms with E-state index in [4.69, 9.17) is 0 Å². The molecule has 0 atom stereocenters. The van der Waals surface area contributed by atoms with Gasteiger partial charge in [0, 0.05) is 44.9 Å². The van der Waals surface area contributed by atoms with Crippen LogP contribution in [0.15, 0.2) is 48.8 Å². The standard InChI is InChI=1S/C19H20F3N3O2/c20-19(21,22)17-4-2-15(3-5-17)14-23-8-1-9-24(13-12-23)18(26)16-6-10-25(27)11-7-16/h2-7,10-11H,1,8-9,12-14H2. The third-order valence-electron chi connectivity index (χ3n) is 4.61. The van der Waals surface area contributed by atoms with Gasteiger partial charge in [0.15, 0.2) is 12.4 Å². The Hall–Kier alpha value is -2.61.